The molecule has 0 aromatic heterocycles. The third-order valence-electron chi connectivity index (χ3n) is 7.04. The van der Waals surface area contributed by atoms with Crippen LogP contribution in [-0.2, 0) is 21.2 Å². The van der Waals surface area contributed by atoms with Crippen LogP contribution in [0.25, 0.3) is 11.1 Å². The molecule has 2 aliphatic rings. The van der Waals surface area contributed by atoms with Crippen LogP contribution in [-0.4, -0.2) is 58.3 Å². The Labute approximate surface area is 221 Å². The van der Waals surface area contributed by atoms with Crippen molar-refractivity contribution in [1.29, 1.82) is 0 Å². The normalized spacial score (nSPS) is 16.1. The molecule has 0 bridgehead atoms. The van der Waals surface area contributed by atoms with Crippen LogP contribution in [0.4, 0.5) is 14.5 Å². The molecule has 6 nitrogen and oxygen atoms in total. The summed E-state index contributed by atoms with van der Waals surface area (Å²) < 4.78 is 58.5. The molecule has 1 saturated heterocycles. The zero-order valence-electron chi connectivity index (χ0n) is 21.2. The lowest BCUT2D eigenvalue weighted by atomic mass is 9.98. The third kappa shape index (κ3) is 6.05. The highest BCUT2D eigenvalue weighted by atomic mass is 32.2. The van der Waals surface area contributed by atoms with E-state index in [2.05, 4.69) is 0 Å². The summed E-state index contributed by atoms with van der Waals surface area (Å²) in [5.74, 6) is -0.398. The Balaban J connectivity index is 1.30. The molecule has 38 heavy (non-hydrogen) atoms. The van der Waals surface area contributed by atoms with Gasteiger partial charge in [0, 0.05) is 44.6 Å². The Kier molecular flexibility index (Phi) is 7.49. The van der Waals surface area contributed by atoms with Crippen LogP contribution in [0.3, 0.4) is 0 Å². The number of benzene rings is 3. The average molecular weight is 541 g/mol. The number of sulfone groups is 1. The minimum absolute atomic E-state index is 0.0358. The van der Waals surface area contributed by atoms with Gasteiger partial charge in [-0.15, -0.1) is 0 Å². The predicted octanol–water partition coefficient (Wildman–Crippen LogP) is 4.92. The van der Waals surface area contributed by atoms with Crippen LogP contribution in [0.15, 0.2) is 65.6 Å². The number of hydrogen-bond acceptors (Lipinski definition) is 5. The van der Waals surface area contributed by atoms with Crippen molar-refractivity contribution in [2.75, 3.05) is 43.9 Å². The SMILES string of the molecule is CS(=O)(=O)c1ccc(-c2ccc(F)cc2)c(C(=O)N2CCN(c3ccc(COCC4CC4)cc3F)CC2)c1. The van der Waals surface area contributed by atoms with Crippen molar-refractivity contribution in [2.45, 2.75) is 24.3 Å². The summed E-state index contributed by atoms with van der Waals surface area (Å²) in [7, 11) is -3.55. The van der Waals surface area contributed by atoms with E-state index in [4.69, 9.17) is 4.74 Å². The Morgan fingerprint density at radius 2 is 1.66 bits per heavy atom. The highest BCUT2D eigenvalue weighted by molar-refractivity contribution is 7.90. The Hall–Kier alpha value is -3.30. The van der Waals surface area contributed by atoms with Crippen LogP contribution in [0.1, 0.15) is 28.8 Å². The van der Waals surface area contributed by atoms with Gasteiger partial charge in [-0.25, -0.2) is 17.2 Å². The van der Waals surface area contributed by atoms with Gasteiger partial charge < -0.3 is 14.5 Å². The van der Waals surface area contributed by atoms with Crippen LogP contribution in [0.5, 0.6) is 0 Å². The van der Waals surface area contributed by atoms with Crippen LogP contribution in [0.2, 0.25) is 0 Å². The molecule has 1 amide bonds. The molecule has 1 aliphatic carbocycles. The first-order valence-electron chi connectivity index (χ1n) is 12.7. The van der Waals surface area contributed by atoms with E-state index in [1.807, 2.05) is 11.0 Å². The molecule has 0 radical (unpaired) electrons. The van der Waals surface area contributed by atoms with E-state index in [-0.39, 0.29) is 22.2 Å². The van der Waals surface area contributed by atoms with Crippen LogP contribution in [0, 0.1) is 17.6 Å². The number of ether oxygens (including phenoxy) is 1. The zero-order valence-corrected chi connectivity index (χ0v) is 22.0. The maximum Gasteiger partial charge on any atom is 0.254 e. The Bertz CT molecular complexity index is 1430. The summed E-state index contributed by atoms with van der Waals surface area (Å²) in [6, 6.07) is 15.3. The smallest absolute Gasteiger partial charge is 0.254 e. The van der Waals surface area contributed by atoms with Crippen LogP contribution < -0.4 is 4.90 Å². The first-order valence-corrected chi connectivity index (χ1v) is 14.6. The number of amides is 1. The maximum atomic E-state index is 14.9. The predicted molar refractivity (Wildman–Crippen MR) is 142 cm³/mol. The van der Waals surface area contributed by atoms with Gasteiger partial charge in [0.1, 0.15) is 11.6 Å². The average Bonchev–Trinajstić information content (AvgIpc) is 3.73. The van der Waals surface area contributed by atoms with Crippen LogP contribution >= 0.6 is 0 Å². The molecule has 200 valence electrons. The van der Waals surface area contributed by atoms with Crippen molar-refractivity contribution in [2.24, 2.45) is 5.92 Å². The summed E-state index contributed by atoms with van der Waals surface area (Å²) >= 11 is 0. The van der Waals surface area contributed by atoms with E-state index in [0.717, 1.165) is 18.4 Å². The van der Waals surface area contributed by atoms with E-state index in [9.17, 15) is 22.0 Å². The molecule has 0 unspecified atom stereocenters. The second kappa shape index (κ2) is 10.8. The molecule has 0 N–H and O–H groups in total. The minimum atomic E-state index is -3.55. The van der Waals surface area contributed by atoms with E-state index in [1.54, 1.807) is 29.2 Å². The first-order chi connectivity index (χ1) is 18.2. The lowest BCUT2D eigenvalue weighted by Gasteiger charge is -2.36. The molecule has 2 fully saturated rings. The van der Waals surface area contributed by atoms with Crippen molar-refractivity contribution >= 4 is 21.4 Å². The number of rotatable bonds is 8. The highest BCUT2D eigenvalue weighted by Gasteiger charge is 2.27. The second-order valence-corrected chi connectivity index (χ2v) is 12.0. The Morgan fingerprint density at radius 1 is 0.947 bits per heavy atom. The fourth-order valence-electron chi connectivity index (χ4n) is 4.66. The van der Waals surface area contributed by atoms with Crippen molar-refractivity contribution in [3.8, 4) is 11.1 Å². The summed E-state index contributed by atoms with van der Waals surface area (Å²) in [6.07, 6.45) is 3.50. The van der Waals surface area contributed by atoms with Gasteiger partial charge in [0.2, 0.25) is 0 Å². The quantitative estimate of drug-likeness (QED) is 0.406. The number of anilines is 1. The number of nitrogens with zero attached hydrogens (tertiary/aromatic N) is 2. The minimum Gasteiger partial charge on any atom is -0.376 e. The van der Waals surface area contributed by atoms with Gasteiger partial charge in [-0.05, 0) is 71.8 Å². The van der Waals surface area contributed by atoms with Crippen molar-refractivity contribution in [1.82, 2.24) is 4.90 Å². The number of halogens is 2. The van der Waals surface area contributed by atoms with Gasteiger partial charge in [-0.1, -0.05) is 24.3 Å². The van der Waals surface area contributed by atoms with Gasteiger partial charge in [0.25, 0.3) is 5.91 Å². The van der Waals surface area contributed by atoms with Crippen molar-refractivity contribution in [3.05, 3.63) is 83.4 Å². The Morgan fingerprint density at radius 3 is 2.29 bits per heavy atom. The monoisotopic (exact) mass is 540 g/mol. The largest absolute Gasteiger partial charge is 0.376 e. The molecule has 1 saturated carbocycles. The topological polar surface area (TPSA) is 66.9 Å². The molecule has 9 heteroatoms. The molecule has 1 aliphatic heterocycles. The van der Waals surface area contributed by atoms with E-state index in [1.165, 1.54) is 43.2 Å². The molecular formula is C29H30F2N2O4S. The summed E-state index contributed by atoms with van der Waals surface area (Å²) in [5.41, 5.74) is 2.63. The van der Waals surface area contributed by atoms with Gasteiger partial charge >= 0.3 is 0 Å². The van der Waals surface area contributed by atoms with Gasteiger partial charge in [-0.2, -0.15) is 0 Å². The maximum absolute atomic E-state index is 14.9. The molecule has 3 aromatic carbocycles. The number of piperazine rings is 1. The summed E-state index contributed by atoms with van der Waals surface area (Å²) in [5, 5.41) is 0. The second-order valence-electron chi connectivity index (χ2n) is 10.0. The molecule has 0 spiro atoms. The molecule has 0 atom stereocenters. The fourth-order valence-corrected chi connectivity index (χ4v) is 5.30. The van der Waals surface area contributed by atoms with E-state index >= 15 is 0 Å². The van der Waals surface area contributed by atoms with Crippen molar-refractivity contribution < 1.29 is 26.7 Å². The third-order valence-corrected chi connectivity index (χ3v) is 8.15. The zero-order chi connectivity index (χ0) is 26.9. The van der Waals surface area contributed by atoms with Crippen molar-refractivity contribution in [3.63, 3.8) is 0 Å². The van der Waals surface area contributed by atoms with E-state index in [0.29, 0.717) is 55.5 Å². The first kappa shape index (κ1) is 26.3. The number of hydrogen-bond donors (Lipinski definition) is 0. The number of carbonyl (C=O) groups is 1. The highest BCUT2D eigenvalue weighted by Crippen LogP contribution is 2.30. The number of carbonyl (C=O) groups excluding carboxylic acids is 1. The van der Waals surface area contributed by atoms with Gasteiger partial charge in [0.05, 0.1) is 17.2 Å². The standard InChI is InChI=1S/C29H30F2N2O4S/c1-38(35,36)24-9-10-25(22-5-7-23(30)8-6-22)26(17-24)29(34)33-14-12-32(13-15-33)28-11-4-21(16-27(28)31)19-37-18-20-2-3-20/h4-11,16-17,20H,2-3,12-15,18-19H2,1H3. The lowest BCUT2D eigenvalue weighted by Crippen LogP contribution is -2.49. The van der Waals surface area contributed by atoms with E-state index < -0.39 is 15.7 Å². The van der Waals surface area contributed by atoms with Gasteiger partial charge in [-0.3, -0.25) is 4.79 Å². The molecular weight excluding hydrogens is 510 g/mol. The van der Waals surface area contributed by atoms with Gasteiger partial charge in [0.15, 0.2) is 9.84 Å². The molecule has 5 rings (SSSR count). The fraction of sp³-hybridized carbons (Fsp3) is 0.345. The molecule has 1 heterocycles. The molecule has 3 aromatic rings. The lowest BCUT2D eigenvalue weighted by molar-refractivity contribution is 0.0747. The summed E-state index contributed by atoms with van der Waals surface area (Å²) in [4.78, 5) is 17.2. The summed E-state index contributed by atoms with van der Waals surface area (Å²) in [6.45, 7) is 2.65.